The molecule has 1 aromatic carbocycles. The highest BCUT2D eigenvalue weighted by atomic mass is 16.2. The minimum absolute atomic E-state index is 0.0705. The molecule has 24 heavy (non-hydrogen) atoms. The van der Waals surface area contributed by atoms with Crippen LogP contribution in [0.1, 0.15) is 29.8 Å². The number of hydrogen-bond donors (Lipinski definition) is 2. The molecule has 1 saturated carbocycles. The number of anilines is 1. The lowest BCUT2D eigenvalue weighted by molar-refractivity contribution is 0.0646. The number of likely N-dealkylation sites (tertiary alicyclic amines) is 2. The number of carbonyl (C=O) groups excluding carboxylic acids is 1. The molecule has 0 spiro atoms. The molecule has 1 aliphatic carbocycles. The minimum Gasteiger partial charge on any atom is -0.385 e. The summed E-state index contributed by atoms with van der Waals surface area (Å²) in [6.07, 6.45) is 3.76. The van der Waals surface area contributed by atoms with Gasteiger partial charge in [0, 0.05) is 42.8 Å². The third-order valence-corrected chi connectivity index (χ3v) is 5.83. The normalized spacial score (nSPS) is 26.5. The first-order valence-corrected chi connectivity index (χ1v) is 8.92. The number of hydrogen-bond acceptors (Lipinski definition) is 4. The Balaban J connectivity index is 1.41. The summed E-state index contributed by atoms with van der Waals surface area (Å²) in [7, 11) is 2.15. The fourth-order valence-corrected chi connectivity index (χ4v) is 4.12. The van der Waals surface area contributed by atoms with E-state index in [-0.39, 0.29) is 5.91 Å². The average molecular weight is 325 g/mol. The number of nitrogens with zero attached hydrogens (tertiary/aromatic N) is 3. The lowest BCUT2D eigenvalue weighted by atomic mass is 10.1. The fraction of sp³-hybridized carbons (Fsp3) is 0.556. The Kier molecular flexibility index (Phi) is 3.10. The maximum Gasteiger partial charge on any atom is 0.275 e. The van der Waals surface area contributed by atoms with E-state index < -0.39 is 0 Å². The van der Waals surface area contributed by atoms with Crippen LogP contribution in [0.15, 0.2) is 18.2 Å². The Labute approximate surface area is 141 Å². The molecule has 126 valence electrons. The van der Waals surface area contributed by atoms with Gasteiger partial charge in [-0.05, 0) is 50.4 Å². The van der Waals surface area contributed by atoms with Crippen LogP contribution in [0.25, 0.3) is 10.9 Å². The first-order chi connectivity index (χ1) is 11.7. The molecule has 2 aliphatic heterocycles. The summed E-state index contributed by atoms with van der Waals surface area (Å²) < 4.78 is 0. The molecule has 2 bridgehead atoms. The number of H-pyrrole nitrogens is 1. The molecule has 1 amide bonds. The zero-order valence-electron chi connectivity index (χ0n) is 14.0. The first kappa shape index (κ1) is 14.3. The minimum atomic E-state index is 0.0705. The average Bonchev–Trinajstić information content (AvgIpc) is 3.01. The summed E-state index contributed by atoms with van der Waals surface area (Å²) in [6, 6.07) is 6.99. The second-order valence-electron chi connectivity index (χ2n) is 7.60. The van der Waals surface area contributed by atoms with E-state index in [1.54, 1.807) is 0 Å². The van der Waals surface area contributed by atoms with Gasteiger partial charge in [-0.1, -0.05) is 0 Å². The molecule has 5 rings (SSSR count). The van der Waals surface area contributed by atoms with Crippen molar-refractivity contribution in [2.45, 2.75) is 31.3 Å². The number of amides is 1. The van der Waals surface area contributed by atoms with Crippen LogP contribution in [-0.2, 0) is 0 Å². The van der Waals surface area contributed by atoms with Crippen molar-refractivity contribution < 1.29 is 4.79 Å². The van der Waals surface area contributed by atoms with Crippen molar-refractivity contribution in [2.24, 2.45) is 5.92 Å². The Morgan fingerprint density at radius 2 is 2.21 bits per heavy atom. The zero-order valence-corrected chi connectivity index (χ0v) is 14.0. The smallest absolute Gasteiger partial charge is 0.275 e. The molecule has 6 nitrogen and oxygen atoms in total. The van der Waals surface area contributed by atoms with Crippen molar-refractivity contribution in [1.29, 1.82) is 0 Å². The molecule has 2 saturated heterocycles. The van der Waals surface area contributed by atoms with Crippen molar-refractivity contribution in [2.75, 3.05) is 32.0 Å². The van der Waals surface area contributed by atoms with Crippen LogP contribution in [0, 0.1) is 5.92 Å². The highest BCUT2D eigenvalue weighted by Gasteiger charge is 2.44. The molecule has 0 unspecified atom stereocenters. The van der Waals surface area contributed by atoms with Crippen LogP contribution in [0.4, 0.5) is 5.69 Å². The maximum atomic E-state index is 13.0. The number of rotatable bonds is 4. The number of aromatic amines is 1. The number of aromatic nitrogens is 2. The lowest BCUT2D eigenvalue weighted by Crippen LogP contribution is -2.47. The number of nitrogens with one attached hydrogen (secondary N) is 2. The van der Waals surface area contributed by atoms with E-state index in [0.29, 0.717) is 17.8 Å². The number of fused-ring (bicyclic) bond motifs is 3. The van der Waals surface area contributed by atoms with Crippen molar-refractivity contribution >= 4 is 22.5 Å². The van der Waals surface area contributed by atoms with Gasteiger partial charge in [0.2, 0.25) is 0 Å². The van der Waals surface area contributed by atoms with Crippen molar-refractivity contribution in [1.82, 2.24) is 20.0 Å². The van der Waals surface area contributed by atoms with E-state index in [0.717, 1.165) is 48.6 Å². The van der Waals surface area contributed by atoms with Crippen LogP contribution >= 0.6 is 0 Å². The SMILES string of the molecule is CN1C[C@@H]2C[C@H]1CN2C(=O)c1n[nH]c2ccc(NCC3CC3)cc12. The molecule has 2 aromatic rings. The van der Waals surface area contributed by atoms with Gasteiger partial charge in [0.1, 0.15) is 0 Å². The number of piperazine rings is 1. The van der Waals surface area contributed by atoms with E-state index in [4.69, 9.17) is 0 Å². The topological polar surface area (TPSA) is 64.3 Å². The number of carbonyl (C=O) groups is 1. The standard InChI is InChI=1S/C18H23N5O/c1-22-9-14-7-13(22)10-23(14)18(24)17-15-6-12(19-8-11-2-3-11)4-5-16(15)20-21-17/h4-6,11,13-14,19H,2-3,7-10H2,1H3,(H,20,21)/t13-,14-/m0/s1. The number of likely N-dealkylation sites (N-methyl/N-ethyl adjacent to an activating group) is 1. The van der Waals surface area contributed by atoms with Crippen LogP contribution in [-0.4, -0.2) is 64.7 Å². The van der Waals surface area contributed by atoms with Gasteiger partial charge in [0.15, 0.2) is 5.69 Å². The summed E-state index contributed by atoms with van der Waals surface area (Å²) >= 11 is 0. The van der Waals surface area contributed by atoms with E-state index in [1.807, 2.05) is 11.0 Å². The van der Waals surface area contributed by atoms with E-state index in [1.165, 1.54) is 12.8 Å². The summed E-state index contributed by atoms with van der Waals surface area (Å²) in [5.74, 6) is 0.893. The van der Waals surface area contributed by atoms with Gasteiger partial charge in [-0.3, -0.25) is 14.8 Å². The Bertz CT molecular complexity index is 794. The molecular weight excluding hydrogens is 302 g/mol. The summed E-state index contributed by atoms with van der Waals surface area (Å²) in [4.78, 5) is 17.4. The van der Waals surface area contributed by atoms with Gasteiger partial charge < -0.3 is 10.2 Å². The molecule has 3 fully saturated rings. The molecule has 3 heterocycles. The Hall–Kier alpha value is -2.08. The molecule has 6 heteroatoms. The van der Waals surface area contributed by atoms with E-state index in [2.05, 4.69) is 39.6 Å². The predicted octanol–water partition coefficient (Wildman–Crippen LogP) is 1.91. The summed E-state index contributed by atoms with van der Waals surface area (Å²) in [5, 5.41) is 11.8. The van der Waals surface area contributed by atoms with Crippen LogP contribution in [0.5, 0.6) is 0 Å². The molecule has 3 aliphatic rings. The van der Waals surface area contributed by atoms with Crippen LogP contribution in [0.3, 0.4) is 0 Å². The monoisotopic (exact) mass is 325 g/mol. The van der Waals surface area contributed by atoms with E-state index in [9.17, 15) is 4.79 Å². The van der Waals surface area contributed by atoms with Crippen LogP contribution < -0.4 is 5.32 Å². The van der Waals surface area contributed by atoms with Crippen molar-refractivity contribution in [3.63, 3.8) is 0 Å². The summed E-state index contributed by atoms with van der Waals surface area (Å²) in [6.45, 7) is 2.83. The van der Waals surface area contributed by atoms with E-state index >= 15 is 0 Å². The van der Waals surface area contributed by atoms with Crippen molar-refractivity contribution in [3.8, 4) is 0 Å². The van der Waals surface area contributed by atoms with Gasteiger partial charge in [-0.2, -0.15) is 5.10 Å². The fourth-order valence-electron chi connectivity index (χ4n) is 4.12. The summed E-state index contributed by atoms with van der Waals surface area (Å²) in [5.41, 5.74) is 2.57. The molecular formula is C18H23N5O. The molecule has 2 N–H and O–H groups in total. The zero-order chi connectivity index (χ0) is 16.3. The molecule has 2 atom stereocenters. The van der Waals surface area contributed by atoms with Gasteiger partial charge in [-0.25, -0.2) is 0 Å². The maximum absolute atomic E-state index is 13.0. The van der Waals surface area contributed by atoms with Crippen LogP contribution in [0.2, 0.25) is 0 Å². The lowest BCUT2D eigenvalue weighted by Gasteiger charge is -2.31. The third kappa shape index (κ3) is 2.28. The van der Waals surface area contributed by atoms with Gasteiger partial charge in [0.05, 0.1) is 5.52 Å². The Morgan fingerprint density at radius 1 is 1.33 bits per heavy atom. The van der Waals surface area contributed by atoms with Crippen molar-refractivity contribution in [3.05, 3.63) is 23.9 Å². The van der Waals surface area contributed by atoms with Gasteiger partial charge in [0.25, 0.3) is 5.91 Å². The number of benzene rings is 1. The quantitative estimate of drug-likeness (QED) is 0.901. The molecule has 1 aromatic heterocycles. The highest BCUT2D eigenvalue weighted by Crippen LogP contribution is 2.32. The third-order valence-electron chi connectivity index (χ3n) is 5.83. The second kappa shape index (κ2) is 5.21. The van der Waals surface area contributed by atoms with Gasteiger partial charge in [-0.15, -0.1) is 0 Å². The first-order valence-electron chi connectivity index (χ1n) is 8.92. The predicted molar refractivity (Wildman–Crippen MR) is 93.2 cm³/mol. The Morgan fingerprint density at radius 3 is 2.92 bits per heavy atom. The second-order valence-corrected chi connectivity index (χ2v) is 7.60. The highest BCUT2D eigenvalue weighted by molar-refractivity contribution is 6.05. The largest absolute Gasteiger partial charge is 0.385 e. The molecule has 0 radical (unpaired) electrons. The van der Waals surface area contributed by atoms with Gasteiger partial charge >= 0.3 is 0 Å².